The second-order valence-corrected chi connectivity index (χ2v) is 8.12. The van der Waals surface area contributed by atoms with Crippen LogP contribution >= 0.6 is 0 Å². The van der Waals surface area contributed by atoms with Crippen molar-refractivity contribution in [3.05, 3.63) is 54.1 Å². The average molecular weight is 422 g/mol. The van der Waals surface area contributed by atoms with Gasteiger partial charge in [0.15, 0.2) is 0 Å². The highest BCUT2D eigenvalue weighted by Crippen LogP contribution is 2.23. The Morgan fingerprint density at radius 3 is 2.84 bits per heavy atom. The van der Waals surface area contributed by atoms with Crippen LogP contribution in [0.4, 0.5) is 11.7 Å². The minimum atomic E-state index is 0.454. The van der Waals surface area contributed by atoms with E-state index in [0.717, 1.165) is 50.5 Å². The quantitative estimate of drug-likeness (QED) is 0.550. The smallest absolute Gasteiger partial charge is 0.321 e. The number of methoxy groups -OCH3 is 1. The lowest BCUT2D eigenvalue weighted by molar-refractivity contribution is 0.228. The van der Waals surface area contributed by atoms with Crippen molar-refractivity contribution in [3.63, 3.8) is 0 Å². The van der Waals surface area contributed by atoms with Gasteiger partial charge in [-0.05, 0) is 56.6 Å². The van der Waals surface area contributed by atoms with Crippen LogP contribution in [0.15, 0.2) is 53.1 Å². The van der Waals surface area contributed by atoms with Crippen LogP contribution in [-0.4, -0.2) is 60.9 Å². The summed E-state index contributed by atoms with van der Waals surface area (Å²) in [6.45, 7) is 9.53. The molecular formula is C24H31N5O2. The molecule has 1 aliphatic rings. The van der Waals surface area contributed by atoms with Crippen molar-refractivity contribution < 1.29 is 9.26 Å². The van der Waals surface area contributed by atoms with Gasteiger partial charge in [0, 0.05) is 43.5 Å². The third-order valence-corrected chi connectivity index (χ3v) is 5.73. The van der Waals surface area contributed by atoms with Crippen molar-refractivity contribution in [1.29, 1.82) is 0 Å². The third-order valence-electron chi connectivity index (χ3n) is 5.73. The number of aromatic nitrogens is 2. The Hall–Kier alpha value is -3.06. The van der Waals surface area contributed by atoms with Crippen molar-refractivity contribution in [3.8, 4) is 17.1 Å². The molecule has 0 saturated carbocycles. The Kier molecular flexibility index (Phi) is 6.72. The van der Waals surface area contributed by atoms with E-state index in [9.17, 15) is 0 Å². The molecule has 3 aromatic rings. The molecule has 1 N–H and O–H groups in total. The Balaban J connectivity index is 1.22. The maximum Gasteiger partial charge on any atom is 0.321 e. The molecule has 0 bridgehead atoms. The van der Waals surface area contributed by atoms with Crippen LogP contribution in [0.1, 0.15) is 18.9 Å². The summed E-state index contributed by atoms with van der Waals surface area (Å²) < 4.78 is 10.6. The zero-order chi connectivity index (χ0) is 21.6. The molecule has 7 heteroatoms. The molecule has 0 spiro atoms. The van der Waals surface area contributed by atoms with Crippen molar-refractivity contribution in [1.82, 2.24) is 15.0 Å². The minimum Gasteiger partial charge on any atom is -0.497 e. The number of aryl methyl sites for hydroxylation is 1. The zero-order valence-electron chi connectivity index (χ0n) is 18.5. The molecule has 2 aromatic carbocycles. The van der Waals surface area contributed by atoms with Crippen molar-refractivity contribution >= 4 is 11.7 Å². The van der Waals surface area contributed by atoms with Crippen LogP contribution in [0.3, 0.4) is 0 Å². The van der Waals surface area contributed by atoms with Gasteiger partial charge >= 0.3 is 6.01 Å². The maximum absolute atomic E-state index is 5.34. The first kappa shape index (κ1) is 21.2. The van der Waals surface area contributed by atoms with E-state index >= 15 is 0 Å². The van der Waals surface area contributed by atoms with Crippen LogP contribution in [0.5, 0.6) is 5.75 Å². The molecule has 0 amide bonds. The highest BCUT2D eigenvalue weighted by molar-refractivity contribution is 5.57. The summed E-state index contributed by atoms with van der Waals surface area (Å²) in [6, 6.07) is 17.4. The van der Waals surface area contributed by atoms with Gasteiger partial charge in [-0.25, -0.2) is 0 Å². The van der Waals surface area contributed by atoms with Gasteiger partial charge in [-0.3, -0.25) is 4.90 Å². The van der Waals surface area contributed by atoms with Gasteiger partial charge in [-0.15, -0.1) is 0 Å². The van der Waals surface area contributed by atoms with E-state index in [2.05, 4.69) is 63.4 Å². The zero-order valence-corrected chi connectivity index (χ0v) is 18.5. The average Bonchev–Trinajstić information content (AvgIpc) is 3.26. The number of ether oxygens (including phenoxy) is 1. The summed E-state index contributed by atoms with van der Waals surface area (Å²) in [5, 5.41) is 7.31. The van der Waals surface area contributed by atoms with E-state index in [1.165, 1.54) is 11.3 Å². The summed E-state index contributed by atoms with van der Waals surface area (Å²) in [4.78, 5) is 9.49. The predicted octanol–water partition coefficient (Wildman–Crippen LogP) is 4.07. The highest BCUT2D eigenvalue weighted by atomic mass is 16.5. The molecule has 31 heavy (non-hydrogen) atoms. The molecule has 4 rings (SSSR count). The first-order valence-electron chi connectivity index (χ1n) is 10.9. The van der Waals surface area contributed by atoms with E-state index in [0.29, 0.717) is 17.9 Å². The van der Waals surface area contributed by atoms with Crippen molar-refractivity contribution in [2.24, 2.45) is 0 Å². The monoisotopic (exact) mass is 421 g/mol. The fourth-order valence-corrected chi connectivity index (χ4v) is 4.10. The molecule has 1 aromatic heterocycles. The number of hydrogen-bond acceptors (Lipinski definition) is 7. The lowest BCUT2D eigenvalue weighted by Crippen LogP contribution is -2.52. The van der Waals surface area contributed by atoms with Gasteiger partial charge < -0.3 is 19.5 Å². The molecule has 0 aliphatic carbocycles. The fraction of sp³-hybridized carbons (Fsp3) is 0.417. The number of piperazine rings is 1. The molecule has 2 heterocycles. The van der Waals surface area contributed by atoms with Crippen LogP contribution in [-0.2, 0) is 0 Å². The lowest BCUT2D eigenvalue weighted by Gasteiger charge is -2.41. The normalized spacial score (nSPS) is 17.0. The van der Waals surface area contributed by atoms with E-state index in [1.54, 1.807) is 7.11 Å². The summed E-state index contributed by atoms with van der Waals surface area (Å²) >= 11 is 0. The molecule has 0 radical (unpaired) electrons. The number of nitrogens with one attached hydrogen (secondary N) is 1. The van der Waals surface area contributed by atoms with E-state index in [4.69, 9.17) is 9.26 Å². The Morgan fingerprint density at radius 2 is 2.03 bits per heavy atom. The van der Waals surface area contributed by atoms with E-state index in [1.807, 2.05) is 24.3 Å². The number of nitrogens with zero attached hydrogens (tertiary/aromatic N) is 4. The molecular weight excluding hydrogens is 390 g/mol. The van der Waals surface area contributed by atoms with E-state index in [-0.39, 0.29) is 0 Å². The maximum atomic E-state index is 5.34. The largest absolute Gasteiger partial charge is 0.497 e. The standard InChI is InChI=1S/C24H31N5O2/c1-18-7-4-9-21(15-18)29-14-13-28(17-19(29)2)12-6-11-25-24-26-23(27-31-24)20-8-5-10-22(16-20)30-3/h4-5,7-10,15-16,19H,6,11-14,17H2,1-3H3,(H,25,26,27)/t19-/m0/s1. The molecule has 1 atom stereocenters. The van der Waals surface area contributed by atoms with Crippen molar-refractivity contribution in [2.45, 2.75) is 26.3 Å². The third kappa shape index (κ3) is 5.35. The highest BCUT2D eigenvalue weighted by Gasteiger charge is 2.23. The SMILES string of the molecule is COc1cccc(-c2noc(NCCCN3CCN(c4cccc(C)c4)[C@@H](C)C3)n2)c1. The van der Waals surface area contributed by atoms with Crippen LogP contribution < -0.4 is 15.0 Å². The van der Waals surface area contributed by atoms with Gasteiger partial charge in [0.2, 0.25) is 5.82 Å². The first-order chi connectivity index (χ1) is 15.1. The minimum absolute atomic E-state index is 0.454. The lowest BCUT2D eigenvalue weighted by atomic mass is 10.1. The molecule has 1 aliphatic heterocycles. The molecule has 1 saturated heterocycles. The topological polar surface area (TPSA) is 66.7 Å². The Morgan fingerprint density at radius 1 is 1.16 bits per heavy atom. The molecule has 1 fully saturated rings. The Labute approximate surface area is 184 Å². The number of benzene rings is 2. The number of rotatable bonds is 8. The summed E-state index contributed by atoms with van der Waals surface area (Å²) in [6.07, 6.45) is 1.02. The molecule has 7 nitrogen and oxygen atoms in total. The second-order valence-electron chi connectivity index (χ2n) is 8.12. The first-order valence-corrected chi connectivity index (χ1v) is 10.9. The molecule has 164 valence electrons. The van der Waals surface area contributed by atoms with Gasteiger partial charge in [0.25, 0.3) is 0 Å². The predicted molar refractivity (Wildman–Crippen MR) is 124 cm³/mol. The summed E-state index contributed by atoms with van der Waals surface area (Å²) in [7, 11) is 1.64. The van der Waals surface area contributed by atoms with Crippen LogP contribution in [0.2, 0.25) is 0 Å². The van der Waals surface area contributed by atoms with Crippen LogP contribution in [0.25, 0.3) is 11.4 Å². The van der Waals surface area contributed by atoms with Crippen molar-refractivity contribution in [2.75, 3.05) is 50.1 Å². The Bertz CT molecular complexity index is 989. The van der Waals surface area contributed by atoms with Gasteiger partial charge in [0.05, 0.1) is 7.11 Å². The van der Waals surface area contributed by atoms with Gasteiger partial charge in [-0.1, -0.05) is 29.4 Å². The summed E-state index contributed by atoms with van der Waals surface area (Å²) in [5.41, 5.74) is 3.52. The number of hydrogen-bond donors (Lipinski definition) is 1. The summed E-state index contributed by atoms with van der Waals surface area (Å²) in [5.74, 6) is 1.33. The fourth-order valence-electron chi connectivity index (χ4n) is 4.10. The molecule has 0 unspecified atom stereocenters. The van der Waals surface area contributed by atoms with Gasteiger partial charge in [-0.2, -0.15) is 4.98 Å². The second kappa shape index (κ2) is 9.83. The number of anilines is 2. The van der Waals surface area contributed by atoms with E-state index < -0.39 is 0 Å². The van der Waals surface area contributed by atoms with Gasteiger partial charge in [0.1, 0.15) is 5.75 Å². The van der Waals surface area contributed by atoms with Crippen LogP contribution in [0, 0.1) is 6.92 Å².